The minimum atomic E-state index is -0.527. The average molecular weight is 266 g/mol. The van der Waals surface area contributed by atoms with Crippen molar-refractivity contribution < 1.29 is 13.9 Å². The van der Waals surface area contributed by atoms with E-state index in [0.29, 0.717) is 5.56 Å². The SMILES string of the molecule is COC(=O)C(c1cccc(F)c1)N1CCCNCC1. The van der Waals surface area contributed by atoms with Gasteiger partial charge >= 0.3 is 5.97 Å². The Hall–Kier alpha value is -1.46. The van der Waals surface area contributed by atoms with Crippen molar-refractivity contribution in [2.24, 2.45) is 0 Å². The van der Waals surface area contributed by atoms with Crippen LogP contribution in [0.25, 0.3) is 0 Å². The number of ether oxygens (including phenoxy) is 1. The number of halogens is 1. The van der Waals surface area contributed by atoms with E-state index in [4.69, 9.17) is 4.74 Å². The van der Waals surface area contributed by atoms with Gasteiger partial charge in [-0.05, 0) is 30.7 Å². The molecule has 1 N–H and O–H groups in total. The van der Waals surface area contributed by atoms with E-state index in [1.807, 2.05) is 4.90 Å². The molecule has 0 saturated carbocycles. The average Bonchev–Trinajstić information content (AvgIpc) is 2.68. The van der Waals surface area contributed by atoms with Gasteiger partial charge in [-0.15, -0.1) is 0 Å². The number of methoxy groups -OCH3 is 1. The molecule has 5 heteroatoms. The van der Waals surface area contributed by atoms with Crippen LogP contribution in [0.2, 0.25) is 0 Å². The maximum absolute atomic E-state index is 13.4. The smallest absolute Gasteiger partial charge is 0.327 e. The van der Waals surface area contributed by atoms with E-state index in [9.17, 15) is 9.18 Å². The van der Waals surface area contributed by atoms with Crippen LogP contribution in [0.1, 0.15) is 18.0 Å². The minimum absolute atomic E-state index is 0.334. The van der Waals surface area contributed by atoms with Crippen LogP contribution in [-0.4, -0.2) is 44.2 Å². The summed E-state index contributed by atoms with van der Waals surface area (Å²) in [6, 6.07) is 5.64. The number of hydrogen-bond donors (Lipinski definition) is 1. The molecular weight excluding hydrogens is 247 g/mol. The van der Waals surface area contributed by atoms with Gasteiger partial charge in [-0.3, -0.25) is 4.90 Å². The number of nitrogens with zero attached hydrogens (tertiary/aromatic N) is 1. The summed E-state index contributed by atoms with van der Waals surface area (Å²) < 4.78 is 18.2. The highest BCUT2D eigenvalue weighted by Crippen LogP contribution is 2.23. The molecule has 1 heterocycles. The Morgan fingerprint density at radius 2 is 2.26 bits per heavy atom. The molecule has 1 aromatic rings. The van der Waals surface area contributed by atoms with Crippen molar-refractivity contribution in [3.05, 3.63) is 35.6 Å². The van der Waals surface area contributed by atoms with Crippen molar-refractivity contribution in [3.63, 3.8) is 0 Å². The molecule has 2 rings (SSSR count). The second kappa shape index (κ2) is 6.63. The first kappa shape index (κ1) is 14.0. The number of carbonyl (C=O) groups is 1. The lowest BCUT2D eigenvalue weighted by atomic mass is 10.0. The minimum Gasteiger partial charge on any atom is -0.468 e. The lowest BCUT2D eigenvalue weighted by Gasteiger charge is -2.28. The normalized spacial score (nSPS) is 18.6. The Balaban J connectivity index is 2.26. The zero-order valence-electron chi connectivity index (χ0n) is 11.1. The van der Waals surface area contributed by atoms with Crippen molar-refractivity contribution >= 4 is 5.97 Å². The van der Waals surface area contributed by atoms with Crippen molar-refractivity contribution in [1.82, 2.24) is 10.2 Å². The summed E-state index contributed by atoms with van der Waals surface area (Å²) in [5.74, 6) is -0.674. The first-order valence-corrected chi connectivity index (χ1v) is 6.50. The van der Waals surface area contributed by atoms with Gasteiger partial charge in [-0.25, -0.2) is 9.18 Å². The predicted octanol–water partition coefficient (Wildman–Crippen LogP) is 1.34. The molecule has 0 radical (unpaired) electrons. The summed E-state index contributed by atoms with van der Waals surface area (Å²) in [7, 11) is 1.37. The van der Waals surface area contributed by atoms with Gasteiger partial charge in [0.15, 0.2) is 0 Å². The van der Waals surface area contributed by atoms with Gasteiger partial charge in [0, 0.05) is 19.6 Å². The third kappa shape index (κ3) is 3.52. The molecule has 1 aromatic carbocycles. The van der Waals surface area contributed by atoms with Gasteiger partial charge in [-0.1, -0.05) is 12.1 Å². The Morgan fingerprint density at radius 3 is 3.00 bits per heavy atom. The van der Waals surface area contributed by atoms with Gasteiger partial charge in [0.25, 0.3) is 0 Å². The highest BCUT2D eigenvalue weighted by Gasteiger charge is 2.29. The van der Waals surface area contributed by atoms with Gasteiger partial charge in [0.2, 0.25) is 0 Å². The van der Waals surface area contributed by atoms with Gasteiger partial charge < -0.3 is 10.1 Å². The number of rotatable bonds is 3. The monoisotopic (exact) mass is 266 g/mol. The van der Waals surface area contributed by atoms with Crippen LogP contribution < -0.4 is 5.32 Å². The Labute approximate surface area is 112 Å². The van der Waals surface area contributed by atoms with E-state index in [1.165, 1.54) is 19.2 Å². The van der Waals surface area contributed by atoms with E-state index in [2.05, 4.69) is 5.32 Å². The van der Waals surface area contributed by atoms with Crippen LogP contribution >= 0.6 is 0 Å². The second-order valence-electron chi connectivity index (χ2n) is 4.62. The topological polar surface area (TPSA) is 41.6 Å². The molecule has 0 aliphatic carbocycles. The summed E-state index contributed by atoms with van der Waals surface area (Å²) in [5, 5.41) is 3.28. The summed E-state index contributed by atoms with van der Waals surface area (Å²) >= 11 is 0. The first-order valence-electron chi connectivity index (χ1n) is 6.50. The molecular formula is C14H19FN2O2. The fourth-order valence-corrected chi connectivity index (χ4v) is 2.41. The molecule has 0 aromatic heterocycles. The molecule has 0 bridgehead atoms. The summed E-state index contributed by atoms with van der Waals surface area (Å²) in [6.07, 6.45) is 0.961. The lowest BCUT2D eigenvalue weighted by Crippen LogP contribution is -2.37. The molecule has 1 aliphatic rings. The van der Waals surface area contributed by atoms with E-state index >= 15 is 0 Å². The fourth-order valence-electron chi connectivity index (χ4n) is 2.41. The quantitative estimate of drug-likeness (QED) is 0.838. The van der Waals surface area contributed by atoms with Crippen molar-refractivity contribution in [2.45, 2.75) is 12.5 Å². The molecule has 1 fully saturated rings. The number of carbonyl (C=O) groups excluding carboxylic acids is 1. The Kier molecular flexibility index (Phi) is 4.87. The third-order valence-corrected chi connectivity index (χ3v) is 3.33. The molecule has 104 valence electrons. The summed E-state index contributed by atoms with van der Waals surface area (Å²) in [6.45, 7) is 3.30. The largest absolute Gasteiger partial charge is 0.468 e. The standard InChI is InChI=1S/C14H19FN2O2/c1-19-14(18)13(11-4-2-5-12(15)10-11)17-8-3-6-16-7-9-17/h2,4-5,10,13,16H,3,6-9H2,1H3. The maximum atomic E-state index is 13.4. The summed E-state index contributed by atoms with van der Waals surface area (Å²) in [5.41, 5.74) is 0.647. The zero-order valence-corrected chi connectivity index (χ0v) is 11.1. The van der Waals surface area contributed by atoms with Crippen LogP contribution in [0.5, 0.6) is 0 Å². The van der Waals surface area contributed by atoms with Gasteiger partial charge in [0.1, 0.15) is 11.9 Å². The highest BCUT2D eigenvalue weighted by molar-refractivity contribution is 5.77. The lowest BCUT2D eigenvalue weighted by molar-refractivity contribution is -0.147. The van der Waals surface area contributed by atoms with Crippen LogP contribution in [0.4, 0.5) is 4.39 Å². The highest BCUT2D eigenvalue weighted by atomic mass is 19.1. The van der Waals surface area contributed by atoms with E-state index < -0.39 is 6.04 Å². The molecule has 0 spiro atoms. The fraction of sp³-hybridized carbons (Fsp3) is 0.500. The van der Waals surface area contributed by atoms with Crippen LogP contribution in [0.15, 0.2) is 24.3 Å². The predicted molar refractivity (Wildman–Crippen MR) is 70.2 cm³/mol. The molecule has 1 saturated heterocycles. The number of benzene rings is 1. The molecule has 0 amide bonds. The maximum Gasteiger partial charge on any atom is 0.327 e. The van der Waals surface area contributed by atoms with Crippen molar-refractivity contribution in [3.8, 4) is 0 Å². The Morgan fingerprint density at radius 1 is 1.42 bits per heavy atom. The Bertz CT molecular complexity index is 431. The molecule has 4 nitrogen and oxygen atoms in total. The first-order chi connectivity index (χ1) is 9.22. The van der Waals surface area contributed by atoms with Crippen LogP contribution in [0, 0.1) is 5.82 Å². The van der Waals surface area contributed by atoms with E-state index in [1.54, 1.807) is 12.1 Å². The van der Waals surface area contributed by atoms with E-state index in [0.717, 1.165) is 32.6 Å². The number of nitrogens with one attached hydrogen (secondary N) is 1. The van der Waals surface area contributed by atoms with E-state index in [-0.39, 0.29) is 11.8 Å². The number of hydrogen-bond acceptors (Lipinski definition) is 4. The number of esters is 1. The molecule has 1 aliphatic heterocycles. The second-order valence-corrected chi connectivity index (χ2v) is 4.62. The van der Waals surface area contributed by atoms with Gasteiger partial charge in [0.05, 0.1) is 7.11 Å². The molecule has 1 unspecified atom stereocenters. The summed E-state index contributed by atoms with van der Waals surface area (Å²) in [4.78, 5) is 14.1. The van der Waals surface area contributed by atoms with Crippen molar-refractivity contribution in [2.75, 3.05) is 33.3 Å². The zero-order chi connectivity index (χ0) is 13.7. The van der Waals surface area contributed by atoms with Gasteiger partial charge in [-0.2, -0.15) is 0 Å². The molecule has 19 heavy (non-hydrogen) atoms. The van der Waals surface area contributed by atoms with Crippen molar-refractivity contribution in [1.29, 1.82) is 0 Å². The third-order valence-electron chi connectivity index (χ3n) is 3.33. The molecule has 1 atom stereocenters. The van der Waals surface area contributed by atoms with Crippen LogP contribution in [-0.2, 0) is 9.53 Å². The van der Waals surface area contributed by atoms with Crippen LogP contribution in [0.3, 0.4) is 0 Å².